The summed E-state index contributed by atoms with van der Waals surface area (Å²) in [6.45, 7) is 3.05. The molecule has 5 rings (SSSR count). The molecule has 0 N–H and O–H groups in total. The number of thiophene rings is 1. The van der Waals surface area contributed by atoms with Crippen molar-refractivity contribution >= 4 is 27.7 Å². The molecule has 47 heavy (non-hydrogen) atoms. The summed E-state index contributed by atoms with van der Waals surface area (Å²) in [4.78, 5) is 30.5. The van der Waals surface area contributed by atoms with Crippen LogP contribution in [0.3, 0.4) is 0 Å². The van der Waals surface area contributed by atoms with Crippen molar-refractivity contribution < 1.29 is 33.2 Å². The summed E-state index contributed by atoms with van der Waals surface area (Å²) in [5.74, 6) is 2.59. The lowest BCUT2D eigenvalue weighted by Crippen LogP contribution is -2.21. The van der Waals surface area contributed by atoms with Gasteiger partial charge >= 0.3 is 6.16 Å². The monoisotopic (exact) mass is 658 g/mol. The molecule has 2 aromatic heterocycles. The first-order valence-electron chi connectivity index (χ1n) is 15.0. The fourth-order valence-electron chi connectivity index (χ4n) is 5.54. The lowest BCUT2D eigenvalue weighted by Gasteiger charge is -2.20. The minimum Gasteiger partial charge on any atom is -0.497 e. The molecule has 0 amide bonds. The van der Waals surface area contributed by atoms with Gasteiger partial charge in [-0.05, 0) is 61.5 Å². The van der Waals surface area contributed by atoms with Crippen LogP contribution < -0.4 is 29.1 Å². The van der Waals surface area contributed by atoms with Crippen LogP contribution in [0.5, 0.6) is 28.7 Å². The summed E-state index contributed by atoms with van der Waals surface area (Å²) in [6, 6.07) is 21.2. The van der Waals surface area contributed by atoms with E-state index in [-0.39, 0.29) is 12.4 Å². The van der Waals surface area contributed by atoms with E-state index in [2.05, 4.69) is 4.90 Å². The van der Waals surface area contributed by atoms with Crippen molar-refractivity contribution in [2.75, 3.05) is 42.1 Å². The minimum absolute atomic E-state index is 0.111. The first kappa shape index (κ1) is 33.4. The Morgan fingerprint density at radius 1 is 0.809 bits per heavy atom. The fraction of sp³-hybridized carbons (Fsp3) is 0.278. The summed E-state index contributed by atoms with van der Waals surface area (Å²) < 4.78 is 34.7. The van der Waals surface area contributed by atoms with E-state index in [1.807, 2.05) is 78.3 Å². The molecule has 11 heteroatoms. The molecular formula is C36H38N2O8S. The molecule has 0 aliphatic carbocycles. The lowest BCUT2D eigenvalue weighted by atomic mass is 10.0. The quantitative estimate of drug-likeness (QED) is 0.124. The average Bonchev–Trinajstić information content (AvgIpc) is 3.46. The van der Waals surface area contributed by atoms with E-state index in [1.165, 1.54) is 11.3 Å². The van der Waals surface area contributed by atoms with E-state index in [4.69, 9.17) is 28.4 Å². The molecule has 0 spiro atoms. The Kier molecular flexibility index (Phi) is 10.7. The predicted octanol–water partition coefficient (Wildman–Crippen LogP) is 6.98. The zero-order valence-corrected chi connectivity index (χ0v) is 28.1. The van der Waals surface area contributed by atoms with Crippen molar-refractivity contribution in [2.24, 2.45) is 0 Å². The summed E-state index contributed by atoms with van der Waals surface area (Å²) in [5, 5.41) is 0.460. The van der Waals surface area contributed by atoms with Gasteiger partial charge in [0.2, 0.25) is 5.43 Å². The van der Waals surface area contributed by atoms with Gasteiger partial charge in [0.25, 0.3) is 0 Å². The Hall–Kier alpha value is -5.00. The van der Waals surface area contributed by atoms with Crippen LogP contribution in [-0.2, 0) is 24.4 Å². The van der Waals surface area contributed by atoms with Crippen LogP contribution in [0.25, 0.3) is 20.7 Å². The Balaban J connectivity index is 1.70. The number of methoxy groups -OCH3 is 4. The summed E-state index contributed by atoms with van der Waals surface area (Å²) >= 11 is 1.50. The highest BCUT2D eigenvalue weighted by Gasteiger charge is 2.25. The Morgan fingerprint density at radius 3 is 2.19 bits per heavy atom. The van der Waals surface area contributed by atoms with E-state index in [0.29, 0.717) is 42.3 Å². The number of carbonyl (C=O) groups excluding carboxylic acids is 1. The van der Waals surface area contributed by atoms with Gasteiger partial charge in [0.1, 0.15) is 16.3 Å². The van der Waals surface area contributed by atoms with Crippen LogP contribution in [0.1, 0.15) is 23.6 Å². The molecule has 246 valence electrons. The number of pyridine rings is 1. The fourth-order valence-corrected chi connectivity index (χ4v) is 6.83. The number of hydrogen-bond acceptors (Lipinski definition) is 10. The first-order chi connectivity index (χ1) is 22.8. The molecule has 0 saturated heterocycles. The minimum atomic E-state index is -0.942. The van der Waals surface area contributed by atoms with Crippen molar-refractivity contribution in [1.29, 1.82) is 0 Å². The molecule has 5 aromatic rings. The molecule has 0 fully saturated rings. The van der Waals surface area contributed by atoms with Crippen LogP contribution in [0.2, 0.25) is 0 Å². The Bertz CT molecular complexity index is 1920. The molecule has 10 nitrogen and oxygen atoms in total. The van der Waals surface area contributed by atoms with Crippen molar-refractivity contribution in [3.8, 4) is 39.2 Å². The number of rotatable bonds is 13. The highest BCUT2D eigenvalue weighted by Crippen LogP contribution is 2.40. The number of ether oxygens (including phenoxy) is 6. The summed E-state index contributed by atoms with van der Waals surface area (Å²) in [7, 11) is 8.44. The van der Waals surface area contributed by atoms with Crippen LogP contribution >= 0.6 is 11.3 Å². The van der Waals surface area contributed by atoms with Crippen LogP contribution in [0, 0.1) is 0 Å². The number of nitrogens with zero attached hydrogens (tertiary/aromatic N) is 2. The van der Waals surface area contributed by atoms with E-state index < -0.39 is 11.6 Å². The van der Waals surface area contributed by atoms with Crippen molar-refractivity contribution in [1.82, 2.24) is 9.47 Å². The maximum atomic E-state index is 14.2. The molecule has 0 saturated carbocycles. The zero-order valence-electron chi connectivity index (χ0n) is 27.3. The topological polar surface area (TPSA) is 97.7 Å². The SMILES string of the molecule is CCOC(=O)Oc1cn(Cc2ccccc2OC)c2sc(-c3ccc(OC)cc3)c(CN(C)Cc3cccc(OC)c3OC)c2c1=O. The van der Waals surface area contributed by atoms with Crippen molar-refractivity contribution in [2.45, 2.75) is 26.6 Å². The predicted molar refractivity (Wildman–Crippen MR) is 183 cm³/mol. The molecule has 0 bridgehead atoms. The van der Waals surface area contributed by atoms with Gasteiger partial charge in [0.05, 0.1) is 53.2 Å². The number of carbonyl (C=O) groups is 1. The molecule has 0 aliphatic rings. The van der Waals surface area contributed by atoms with Crippen LogP contribution in [0.4, 0.5) is 4.79 Å². The summed E-state index contributed by atoms with van der Waals surface area (Å²) in [5.41, 5.74) is 3.14. The number of hydrogen-bond donors (Lipinski definition) is 0. The van der Waals surface area contributed by atoms with E-state index in [0.717, 1.165) is 37.7 Å². The number of fused-ring (bicyclic) bond motifs is 1. The zero-order chi connectivity index (χ0) is 33.5. The molecule has 3 aromatic carbocycles. The van der Waals surface area contributed by atoms with Gasteiger partial charge in [-0.3, -0.25) is 9.69 Å². The second kappa shape index (κ2) is 15.1. The highest BCUT2D eigenvalue weighted by molar-refractivity contribution is 7.22. The van der Waals surface area contributed by atoms with Gasteiger partial charge in [0, 0.05) is 29.1 Å². The van der Waals surface area contributed by atoms with Gasteiger partial charge < -0.3 is 33.0 Å². The molecule has 2 heterocycles. The van der Waals surface area contributed by atoms with E-state index in [1.54, 1.807) is 41.6 Å². The van der Waals surface area contributed by atoms with E-state index >= 15 is 0 Å². The van der Waals surface area contributed by atoms with Gasteiger partial charge in [-0.2, -0.15) is 0 Å². The second-order valence-corrected chi connectivity index (χ2v) is 11.7. The Morgan fingerprint density at radius 2 is 1.51 bits per heavy atom. The van der Waals surface area contributed by atoms with Gasteiger partial charge in [-0.15, -0.1) is 11.3 Å². The van der Waals surface area contributed by atoms with Crippen LogP contribution in [-0.4, -0.2) is 57.7 Å². The third-order valence-corrected chi connectivity index (χ3v) is 8.99. The molecular weight excluding hydrogens is 620 g/mol. The maximum absolute atomic E-state index is 14.2. The standard InChI is InChI=1S/C36H38N2O8S/c1-7-45-36(40)46-30-22-38(20-24-11-8-9-13-28(24)42-4)35-31(32(30)39)27(34(47-35)23-15-17-26(41-3)18-16-23)21-37(2)19-25-12-10-14-29(43-5)33(25)44-6/h8-18,22H,7,19-21H2,1-6H3. The van der Waals surface area contributed by atoms with Crippen molar-refractivity contribution in [3.63, 3.8) is 0 Å². The molecule has 0 radical (unpaired) electrons. The smallest absolute Gasteiger partial charge is 0.497 e. The molecule has 0 atom stereocenters. The van der Waals surface area contributed by atoms with Crippen molar-refractivity contribution in [3.05, 3.63) is 99.8 Å². The lowest BCUT2D eigenvalue weighted by molar-refractivity contribution is 0.104. The molecule has 0 unspecified atom stereocenters. The molecule has 0 aliphatic heterocycles. The van der Waals surface area contributed by atoms with Crippen LogP contribution in [0.15, 0.2) is 77.7 Å². The number of para-hydroxylation sites is 2. The highest BCUT2D eigenvalue weighted by atomic mass is 32.1. The third-order valence-electron chi connectivity index (χ3n) is 7.67. The van der Waals surface area contributed by atoms with E-state index in [9.17, 15) is 9.59 Å². The number of aromatic nitrogens is 1. The average molecular weight is 659 g/mol. The second-order valence-electron chi connectivity index (χ2n) is 10.7. The largest absolute Gasteiger partial charge is 0.514 e. The first-order valence-corrected chi connectivity index (χ1v) is 15.8. The third kappa shape index (κ3) is 7.21. The Labute approximate surface area is 277 Å². The summed E-state index contributed by atoms with van der Waals surface area (Å²) in [6.07, 6.45) is 0.624. The van der Waals surface area contributed by atoms with Gasteiger partial charge in [-0.1, -0.05) is 30.3 Å². The number of benzene rings is 3. The normalized spacial score (nSPS) is 11.0. The maximum Gasteiger partial charge on any atom is 0.514 e. The van der Waals surface area contributed by atoms with Gasteiger partial charge in [0.15, 0.2) is 17.2 Å². The van der Waals surface area contributed by atoms with Gasteiger partial charge in [-0.25, -0.2) is 4.79 Å².